The van der Waals surface area contributed by atoms with Crippen LogP contribution in [0.5, 0.6) is 0 Å². The van der Waals surface area contributed by atoms with E-state index >= 15 is 0 Å². The van der Waals surface area contributed by atoms with Crippen LogP contribution in [-0.4, -0.2) is 24.0 Å². The highest BCUT2D eigenvalue weighted by molar-refractivity contribution is 14.0. The van der Waals surface area contributed by atoms with Crippen LogP contribution in [0.3, 0.4) is 0 Å². The predicted octanol–water partition coefficient (Wildman–Crippen LogP) is 2.87. The molecule has 0 amide bonds. The molecule has 1 heterocycles. The molecule has 19 heavy (non-hydrogen) atoms. The lowest BCUT2D eigenvalue weighted by atomic mass is 10.2. The van der Waals surface area contributed by atoms with Crippen molar-refractivity contribution in [1.82, 2.24) is 10.3 Å². The first kappa shape index (κ1) is 18.4. The number of aryl methyl sites for hydroxylation is 2. The first-order chi connectivity index (χ1) is 8.58. The summed E-state index contributed by atoms with van der Waals surface area (Å²) in [5.74, 6) is 0.503. The van der Waals surface area contributed by atoms with E-state index in [0.29, 0.717) is 12.5 Å². The molecule has 0 bridgehead atoms. The molecule has 6 heteroatoms. The lowest BCUT2D eigenvalue weighted by Gasteiger charge is -2.04. The summed E-state index contributed by atoms with van der Waals surface area (Å²) in [6.07, 6.45) is 3.23. The van der Waals surface area contributed by atoms with E-state index in [9.17, 15) is 0 Å². The van der Waals surface area contributed by atoms with Gasteiger partial charge in [0.2, 0.25) is 0 Å². The molecule has 1 aromatic rings. The zero-order valence-corrected chi connectivity index (χ0v) is 14.8. The second-order valence-electron chi connectivity index (χ2n) is 4.43. The Morgan fingerprint density at radius 1 is 1.53 bits per heavy atom. The molecule has 0 saturated heterocycles. The Hall–Kier alpha value is -0.630. The Morgan fingerprint density at radius 2 is 2.26 bits per heavy atom. The van der Waals surface area contributed by atoms with Crippen LogP contribution in [0.15, 0.2) is 22.5 Å². The summed E-state index contributed by atoms with van der Waals surface area (Å²) in [5, 5.41) is 6.41. The molecule has 0 aliphatic carbocycles. The van der Waals surface area contributed by atoms with Gasteiger partial charge in [-0.05, 0) is 33.1 Å². The molecule has 0 atom stereocenters. The zero-order valence-electron chi connectivity index (χ0n) is 11.6. The molecule has 0 unspecified atom stereocenters. The number of hydrogen-bond donors (Lipinski definition) is 2. The second-order valence-corrected chi connectivity index (χ2v) is 5.37. The van der Waals surface area contributed by atoms with Crippen LogP contribution in [0.1, 0.15) is 30.5 Å². The summed E-state index contributed by atoms with van der Waals surface area (Å²) in [7, 11) is 0. The van der Waals surface area contributed by atoms with E-state index < -0.39 is 0 Å². The maximum absolute atomic E-state index is 5.71. The van der Waals surface area contributed by atoms with Gasteiger partial charge in [-0.2, -0.15) is 0 Å². The molecule has 1 aromatic heterocycles. The van der Waals surface area contributed by atoms with Crippen molar-refractivity contribution < 1.29 is 0 Å². The third-order valence-electron chi connectivity index (χ3n) is 2.31. The minimum absolute atomic E-state index is 0. The number of nitrogens with zero attached hydrogens (tertiary/aromatic N) is 2. The van der Waals surface area contributed by atoms with Gasteiger partial charge in [-0.15, -0.1) is 35.3 Å². The van der Waals surface area contributed by atoms with Crippen molar-refractivity contribution in [1.29, 1.82) is 0 Å². The van der Waals surface area contributed by atoms with Gasteiger partial charge in [0.05, 0.1) is 11.6 Å². The topological polar surface area (TPSA) is 63.3 Å². The molecule has 0 aliphatic heterocycles. The quantitative estimate of drug-likeness (QED) is 0.246. The highest BCUT2D eigenvalue weighted by atomic mass is 127. The van der Waals surface area contributed by atoms with E-state index in [1.54, 1.807) is 11.3 Å². The normalized spacial score (nSPS) is 10.9. The lowest BCUT2D eigenvalue weighted by molar-refractivity contribution is 0.703. The molecule has 0 spiro atoms. The smallest absolute Gasteiger partial charge is 0.188 e. The Morgan fingerprint density at radius 3 is 2.84 bits per heavy atom. The molecule has 0 saturated carbocycles. The number of halogens is 1. The summed E-state index contributed by atoms with van der Waals surface area (Å²) in [6, 6.07) is 0. The van der Waals surface area contributed by atoms with Crippen LogP contribution in [0.4, 0.5) is 0 Å². The SMILES string of the molecule is C=C(C)CN=C(N)NCCCCc1nc(C)cs1.I. The van der Waals surface area contributed by atoms with Crippen molar-refractivity contribution in [2.24, 2.45) is 10.7 Å². The van der Waals surface area contributed by atoms with Crippen LogP contribution >= 0.6 is 35.3 Å². The number of aliphatic imine (C=N–C) groups is 1. The molecule has 3 N–H and O–H groups in total. The summed E-state index contributed by atoms with van der Waals surface area (Å²) in [4.78, 5) is 8.59. The Balaban J connectivity index is 0.00000324. The number of rotatable bonds is 7. The van der Waals surface area contributed by atoms with Gasteiger partial charge in [-0.25, -0.2) is 9.98 Å². The van der Waals surface area contributed by atoms with Crippen LogP contribution in [0, 0.1) is 6.92 Å². The van der Waals surface area contributed by atoms with Crippen molar-refractivity contribution in [3.63, 3.8) is 0 Å². The Labute approximate surface area is 136 Å². The minimum Gasteiger partial charge on any atom is -0.370 e. The van der Waals surface area contributed by atoms with Gasteiger partial charge in [-0.1, -0.05) is 12.2 Å². The first-order valence-corrected chi connectivity index (χ1v) is 7.05. The van der Waals surface area contributed by atoms with Gasteiger partial charge >= 0.3 is 0 Å². The maximum atomic E-state index is 5.71. The summed E-state index contributed by atoms with van der Waals surface area (Å²) in [5.41, 5.74) is 7.83. The first-order valence-electron chi connectivity index (χ1n) is 6.17. The number of aromatic nitrogens is 1. The number of unbranched alkanes of at least 4 members (excludes halogenated alkanes) is 1. The molecule has 0 fully saturated rings. The number of guanidine groups is 1. The lowest BCUT2D eigenvalue weighted by Crippen LogP contribution is -2.32. The van der Waals surface area contributed by atoms with Crippen molar-refractivity contribution in [3.8, 4) is 0 Å². The Kier molecular flexibility index (Phi) is 9.85. The second kappa shape index (κ2) is 10.2. The van der Waals surface area contributed by atoms with Crippen molar-refractivity contribution >= 4 is 41.3 Å². The van der Waals surface area contributed by atoms with E-state index in [4.69, 9.17) is 5.73 Å². The zero-order chi connectivity index (χ0) is 13.4. The monoisotopic (exact) mass is 394 g/mol. The van der Waals surface area contributed by atoms with Crippen molar-refractivity contribution in [2.75, 3.05) is 13.1 Å². The van der Waals surface area contributed by atoms with Gasteiger partial charge in [0.1, 0.15) is 0 Å². The van der Waals surface area contributed by atoms with Gasteiger partial charge < -0.3 is 11.1 Å². The standard InChI is InChI=1S/C13H22N4S.HI/c1-10(2)8-16-13(14)15-7-5-4-6-12-17-11(3)9-18-12;/h9H,1,4-8H2,2-3H3,(H3,14,15,16);1H. The van der Waals surface area contributed by atoms with Gasteiger partial charge in [0.25, 0.3) is 0 Å². The molecule has 0 radical (unpaired) electrons. The third-order valence-corrected chi connectivity index (χ3v) is 3.34. The van der Waals surface area contributed by atoms with Gasteiger partial charge in [-0.3, -0.25) is 0 Å². The largest absolute Gasteiger partial charge is 0.370 e. The van der Waals surface area contributed by atoms with Crippen LogP contribution < -0.4 is 11.1 Å². The fourth-order valence-electron chi connectivity index (χ4n) is 1.41. The Bertz CT molecular complexity index is 415. The molecule has 108 valence electrons. The average molecular weight is 394 g/mol. The van der Waals surface area contributed by atoms with Crippen LogP contribution in [0.2, 0.25) is 0 Å². The summed E-state index contributed by atoms with van der Waals surface area (Å²) >= 11 is 1.74. The van der Waals surface area contributed by atoms with Crippen molar-refractivity contribution in [2.45, 2.75) is 33.1 Å². The van der Waals surface area contributed by atoms with E-state index in [-0.39, 0.29) is 24.0 Å². The highest BCUT2D eigenvalue weighted by Crippen LogP contribution is 2.11. The fraction of sp³-hybridized carbons (Fsp3) is 0.538. The number of nitrogens with two attached hydrogens (primary N) is 1. The van der Waals surface area contributed by atoms with Gasteiger partial charge in [0.15, 0.2) is 5.96 Å². The van der Waals surface area contributed by atoms with E-state index in [0.717, 1.165) is 37.1 Å². The summed E-state index contributed by atoms with van der Waals surface area (Å²) in [6.45, 7) is 9.19. The predicted molar refractivity (Wildman–Crippen MR) is 94.5 cm³/mol. The van der Waals surface area contributed by atoms with Crippen LogP contribution in [-0.2, 0) is 6.42 Å². The molecule has 0 aliphatic rings. The van der Waals surface area contributed by atoms with E-state index in [2.05, 4.69) is 27.3 Å². The molecular weight excluding hydrogens is 371 g/mol. The number of nitrogens with one attached hydrogen (secondary N) is 1. The molecule has 1 rings (SSSR count). The highest BCUT2D eigenvalue weighted by Gasteiger charge is 1.98. The van der Waals surface area contributed by atoms with Gasteiger partial charge in [0, 0.05) is 17.6 Å². The third kappa shape index (κ3) is 8.99. The molecule has 4 nitrogen and oxygen atoms in total. The molecule has 0 aromatic carbocycles. The maximum Gasteiger partial charge on any atom is 0.188 e. The van der Waals surface area contributed by atoms with E-state index in [1.807, 2.05) is 13.8 Å². The fourth-order valence-corrected chi connectivity index (χ4v) is 2.23. The number of hydrogen-bond acceptors (Lipinski definition) is 3. The minimum atomic E-state index is 0. The van der Waals surface area contributed by atoms with Crippen molar-refractivity contribution in [3.05, 3.63) is 28.2 Å². The summed E-state index contributed by atoms with van der Waals surface area (Å²) < 4.78 is 0. The average Bonchev–Trinajstić information content (AvgIpc) is 2.72. The number of thiazole rings is 1. The van der Waals surface area contributed by atoms with E-state index in [1.165, 1.54) is 5.01 Å². The molecular formula is C13H23IN4S. The van der Waals surface area contributed by atoms with Crippen LogP contribution in [0.25, 0.3) is 0 Å².